The summed E-state index contributed by atoms with van der Waals surface area (Å²) in [5.41, 5.74) is 10.8. The Morgan fingerprint density at radius 3 is 1.69 bits per heavy atom. The molecule has 0 aliphatic carbocycles. The van der Waals surface area contributed by atoms with Crippen molar-refractivity contribution < 1.29 is 72.3 Å². The lowest BCUT2D eigenvalue weighted by Gasteiger charge is -2.31. The van der Waals surface area contributed by atoms with Crippen molar-refractivity contribution in [2.75, 3.05) is 54.9 Å². The minimum atomic E-state index is -4.63. The van der Waals surface area contributed by atoms with E-state index in [0.29, 0.717) is 59.2 Å². The van der Waals surface area contributed by atoms with Crippen LogP contribution < -0.4 is 36.7 Å². The number of nitrogens with one attached hydrogen (secondary N) is 4. The van der Waals surface area contributed by atoms with Gasteiger partial charge in [-0.25, -0.2) is 43.0 Å². The predicted octanol–water partition coefficient (Wildman–Crippen LogP) is 2.86. The van der Waals surface area contributed by atoms with Crippen LogP contribution in [0.4, 0.5) is 36.8 Å². The summed E-state index contributed by atoms with van der Waals surface area (Å²) in [7, 11) is -6.43. The molecule has 0 fully saturated rings. The van der Waals surface area contributed by atoms with E-state index in [-0.39, 0.29) is 68.7 Å². The number of hydrogen-bond acceptors (Lipinski definition) is 23. The lowest BCUT2D eigenvalue weighted by atomic mass is 9.84. The Morgan fingerprint density at radius 2 is 1.25 bits per heavy atom. The number of rotatable bonds is 17. The molecule has 0 saturated heterocycles. The Hall–Kier alpha value is -10.8. The number of fused-ring (bicyclic) bond motifs is 2. The minimum Gasteiger partial charge on any atom is -0.603 e. The molecule has 460 valence electrons. The number of amides is 4. The number of anilines is 4. The van der Waals surface area contributed by atoms with Crippen LogP contribution in [-0.4, -0.2) is 134 Å². The molecule has 2 aromatic carbocycles. The molecule has 8 aromatic rings. The first-order valence-corrected chi connectivity index (χ1v) is 28.8. The van der Waals surface area contributed by atoms with E-state index in [1.807, 2.05) is 6.07 Å². The summed E-state index contributed by atoms with van der Waals surface area (Å²) in [6.45, 7) is 9.06. The van der Waals surface area contributed by atoms with E-state index >= 15 is 0 Å². The number of aromatic nitrogens is 10. The predicted molar refractivity (Wildman–Crippen MR) is 303 cm³/mol. The lowest BCUT2D eigenvalue weighted by Crippen LogP contribution is -2.51. The lowest BCUT2D eigenvalue weighted by molar-refractivity contribution is -0.800. The summed E-state index contributed by atoms with van der Waals surface area (Å²) in [4.78, 5) is 65.8. The van der Waals surface area contributed by atoms with E-state index in [0.717, 1.165) is 14.2 Å². The number of halogens is 2. The number of hydrogen-bond donors (Lipinski definition) is 6. The number of nitrogens with two attached hydrogens (primary N) is 2. The number of carbonyl (C=O) groups excluding carboxylic acids is 4. The quantitative estimate of drug-likeness (QED) is 0.0330. The van der Waals surface area contributed by atoms with Gasteiger partial charge < -0.3 is 45.7 Å². The van der Waals surface area contributed by atoms with Crippen molar-refractivity contribution in [2.24, 2.45) is 10.1 Å². The summed E-state index contributed by atoms with van der Waals surface area (Å²) in [5.74, 6) is -3.83. The molecular formula is C52H53F2N19O13S2. The van der Waals surface area contributed by atoms with Crippen molar-refractivity contribution >= 4 is 73.6 Å². The zero-order valence-corrected chi connectivity index (χ0v) is 49.1. The van der Waals surface area contributed by atoms with E-state index < -0.39 is 72.8 Å². The molecule has 36 heteroatoms. The summed E-state index contributed by atoms with van der Waals surface area (Å²) < 4.78 is 105. The zero-order chi connectivity index (χ0) is 64.1. The SMILES string of the molecule is CC1(C(N)=O)C(=O)Nc2nc(-c3cc(-c4ccon4)n(Cc4ccccc4F)n3)nc(N)c21.CC[N+](CC)(CC)S(=O)(=O)N=C([O-])OC.COC(=O)NS(=O)(=O)Nc1nc(-c2cc(-c3ccon3)n(Cc3ccccc3F)n2)nc2c1C(C)(C#N)C(=O)N2. The first kappa shape index (κ1) is 63.2. The van der Waals surface area contributed by atoms with Gasteiger partial charge in [0.2, 0.25) is 11.8 Å². The molecule has 0 bridgehead atoms. The number of primary amides is 1. The fourth-order valence-corrected chi connectivity index (χ4v) is 11.2. The van der Waals surface area contributed by atoms with Gasteiger partial charge in [0.05, 0.1) is 68.4 Å². The van der Waals surface area contributed by atoms with Gasteiger partial charge in [-0.15, -0.1) is 8.42 Å². The number of ether oxygens (including phenoxy) is 2. The Labute approximate surface area is 498 Å². The number of benzene rings is 2. The van der Waals surface area contributed by atoms with Crippen molar-refractivity contribution in [3.63, 3.8) is 0 Å². The average Bonchev–Trinajstić information content (AvgIpc) is 2.29. The van der Waals surface area contributed by atoms with Crippen molar-refractivity contribution in [2.45, 2.75) is 58.5 Å². The van der Waals surface area contributed by atoms with Gasteiger partial charge in [-0.05, 0) is 66.0 Å². The Kier molecular flexibility index (Phi) is 18.0. The molecule has 32 nitrogen and oxygen atoms in total. The van der Waals surface area contributed by atoms with Crippen LogP contribution in [0.25, 0.3) is 45.8 Å². The van der Waals surface area contributed by atoms with E-state index in [4.69, 9.17) is 20.5 Å². The first-order chi connectivity index (χ1) is 41.7. The van der Waals surface area contributed by atoms with E-state index in [1.165, 1.54) is 53.9 Å². The maximum Gasteiger partial charge on any atom is 0.422 e. The minimum absolute atomic E-state index is 0.0222. The van der Waals surface area contributed by atoms with Gasteiger partial charge in [-0.2, -0.15) is 27.8 Å². The third-order valence-corrected chi connectivity index (χ3v) is 17.2. The highest BCUT2D eigenvalue weighted by Gasteiger charge is 2.51. The molecule has 2 atom stereocenters. The molecule has 10 rings (SSSR count). The number of nitrogens with zero attached hydrogens (tertiary/aromatic N) is 13. The van der Waals surface area contributed by atoms with Gasteiger partial charge in [0, 0.05) is 23.3 Å². The smallest absolute Gasteiger partial charge is 0.422 e. The van der Waals surface area contributed by atoms with Gasteiger partial charge >= 0.3 is 26.5 Å². The molecule has 8 N–H and O–H groups in total. The molecule has 4 amide bonds. The van der Waals surface area contributed by atoms with Gasteiger partial charge in [0.1, 0.15) is 64.4 Å². The highest BCUT2D eigenvalue weighted by atomic mass is 32.2. The van der Waals surface area contributed by atoms with Crippen LogP contribution in [0.1, 0.15) is 56.9 Å². The molecule has 0 saturated carbocycles. The van der Waals surface area contributed by atoms with E-state index in [2.05, 4.69) is 69.7 Å². The summed E-state index contributed by atoms with van der Waals surface area (Å²) >= 11 is 0. The Balaban J connectivity index is 0.000000188. The highest BCUT2D eigenvalue weighted by molar-refractivity contribution is 7.91. The van der Waals surface area contributed by atoms with Crippen LogP contribution in [0.15, 0.2) is 98.8 Å². The van der Waals surface area contributed by atoms with Gasteiger partial charge in [-0.3, -0.25) is 23.7 Å². The van der Waals surface area contributed by atoms with Gasteiger partial charge in [0.15, 0.2) is 34.4 Å². The summed E-state index contributed by atoms with van der Waals surface area (Å²) in [6.07, 6.45) is 0.369. The largest absolute Gasteiger partial charge is 0.603 e. The maximum atomic E-state index is 14.4. The molecule has 88 heavy (non-hydrogen) atoms. The Morgan fingerprint density at radius 1 is 0.761 bits per heavy atom. The topological polar surface area (TPSA) is 454 Å². The number of nitrogen functional groups attached to an aromatic ring is 1. The fourth-order valence-electron chi connectivity index (χ4n) is 9.08. The molecule has 2 unspecified atom stereocenters. The van der Waals surface area contributed by atoms with Crippen LogP contribution in [0.5, 0.6) is 0 Å². The van der Waals surface area contributed by atoms with Gasteiger partial charge in [0.25, 0.3) is 5.91 Å². The maximum absolute atomic E-state index is 14.4. The zero-order valence-electron chi connectivity index (χ0n) is 47.5. The van der Waals surface area contributed by atoms with E-state index in [1.54, 1.807) is 80.1 Å². The highest BCUT2D eigenvalue weighted by Crippen LogP contribution is 2.43. The normalized spacial score (nSPS) is 16.1. The van der Waals surface area contributed by atoms with E-state index in [9.17, 15) is 55.2 Å². The second-order valence-electron chi connectivity index (χ2n) is 19.2. The standard InChI is InChI=1S/C23H18FN9O6S.C21H17FN8O3.C8H18N2O4S/c1-23(11-25)17-19(28-21(23)34)26-18(27-20(17)31-40(36,37)32-22(35)38-2)15-9-16(14-7-8-39-30-14)33(29-15)10-12-5-3-4-6-13(12)24;1-21(19(24)31)15-16(23)25-17(26-18(15)27-20(21)32)13-8-14(12-6-7-33-29-12)30(28-13)9-10-4-2-3-5-11(10)22;1-5-10(6-2,7-3)15(12,13)9-8(11)14-4/h3-9H,10H2,1-2H3,(H,32,35)(H2,26,27,28,31,34);2-8H,9H2,1H3,(H2,24,31)(H3,23,25,26,27,32);5-7H2,1-4H3. The fraction of sp³-hybridized carbons (Fsp3) is 0.269. The van der Waals surface area contributed by atoms with Crippen LogP contribution in [0.2, 0.25) is 0 Å². The Bertz CT molecular complexity index is 4300. The molecule has 8 heterocycles. The number of nitriles is 1. The molecule has 2 aliphatic rings. The first-order valence-electron chi connectivity index (χ1n) is 25.9. The third kappa shape index (κ3) is 12.3. The second kappa shape index (κ2) is 25.0. The molecule has 6 aromatic heterocycles. The van der Waals surface area contributed by atoms with Crippen LogP contribution in [-0.2, 0) is 68.2 Å². The van der Waals surface area contributed by atoms with Gasteiger partial charge in [-0.1, -0.05) is 51.1 Å². The molecular weight excluding hydrogens is 1200 g/mol. The number of quaternary nitrogens is 1. The van der Waals surface area contributed by atoms with Crippen LogP contribution in [0.3, 0.4) is 0 Å². The van der Waals surface area contributed by atoms with Crippen molar-refractivity contribution in [3.8, 4) is 51.9 Å². The average molecular weight is 1250 g/mol. The molecule has 2 aliphatic heterocycles. The summed E-state index contributed by atoms with van der Waals surface area (Å²) in [5, 5.41) is 42.4. The van der Waals surface area contributed by atoms with Crippen LogP contribution in [0, 0.1) is 23.0 Å². The summed E-state index contributed by atoms with van der Waals surface area (Å²) in [6, 6.07) is 20.6. The van der Waals surface area contributed by atoms with Crippen molar-refractivity contribution in [1.29, 1.82) is 5.26 Å². The van der Waals surface area contributed by atoms with Crippen molar-refractivity contribution in [1.82, 2.24) is 54.5 Å². The number of carbonyl (C=O) groups is 4. The van der Waals surface area contributed by atoms with Crippen LogP contribution >= 0.6 is 0 Å². The third-order valence-electron chi connectivity index (χ3n) is 14.1. The molecule has 0 radical (unpaired) electrons. The number of methoxy groups -OCH3 is 2. The molecule has 0 spiro atoms. The second-order valence-corrected chi connectivity index (χ2v) is 22.5. The van der Waals surface area contributed by atoms with Crippen molar-refractivity contribution in [3.05, 3.63) is 119 Å². The monoisotopic (exact) mass is 1250 g/mol.